The second-order valence-corrected chi connectivity index (χ2v) is 5.81. The Kier molecular flexibility index (Phi) is 5.51. The van der Waals surface area contributed by atoms with Crippen LogP contribution in [0, 0.1) is 0 Å². The van der Waals surface area contributed by atoms with Crippen LogP contribution in [0.3, 0.4) is 0 Å². The van der Waals surface area contributed by atoms with E-state index in [1.54, 1.807) is 30.3 Å². The van der Waals surface area contributed by atoms with Crippen LogP contribution in [0.5, 0.6) is 0 Å². The van der Waals surface area contributed by atoms with Gasteiger partial charge < -0.3 is 10.4 Å². The van der Waals surface area contributed by atoms with Gasteiger partial charge in [0.1, 0.15) is 11.7 Å². The molecule has 0 saturated carbocycles. The molecule has 7 heteroatoms. The van der Waals surface area contributed by atoms with E-state index < -0.39 is 17.9 Å². The van der Waals surface area contributed by atoms with E-state index in [9.17, 15) is 14.7 Å². The van der Waals surface area contributed by atoms with E-state index >= 15 is 0 Å². The minimum atomic E-state index is -1.13. The third-order valence-electron chi connectivity index (χ3n) is 2.93. The van der Waals surface area contributed by atoms with E-state index in [0.717, 1.165) is 4.47 Å². The maximum Gasteiger partial charge on any atom is 0.326 e. The van der Waals surface area contributed by atoms with Crippen molar-refractivity contribution in [2.75, 3.05) is 0 Å². The van der Waals surface area contributed by atoms with Crippen LogP contribution in [0.25, 0.3) is 0 Å². The minimum absolute atomic E-state index is 0.106. The summed E-state index contributed by atoms with van der Waals surface area (Å²) in [4.78, 5) is 27.3. The van der Waals surface area contributed by atoms with Crippen LogP contribution >= 0.6 is 27.5 Å². The third-order valence-corrected chi connectivity index (χ3v) is 3.94. The average Bonchev–Trinajstić information content (AvgIpc) is 2.50. The van der Waals surface area contributed by atoms with Crippen molar-refractivity contribution in [1.82, 2.24) is 10.3 Å². The number of carboxylic acid groups (broad SMARTS) is 1. The first-order valence-corrected chi connectivity index (χ1v) is 7.53. The number of carboxylic acids is 1. The number of amides is 1. The minimum Gasteiger partial charge on any atom is -0.480 e. The molecule has 0 bridgehead atoms. The van der Waals surface area contributed by atoms with E-state index in [1.165, 1.54) is 12.3 Å². The number of nitrogens with one attached hydrogen (secondary N) is 1. The summed E-state index contributed by atoms with van der Waals surface area (Å²) < 4.78 is 0.732. The summed E-state index contributed by atoms with van der Waals surface area (Å²) in [6, 6.07) is 8.86. The van der Waals surface area contributed by atoms with Gasteiger partial charge in [-0.2, -0.15) is 0 Å². The van der Waals surface area contributed by atoms with E-state index in [2.05, 4.69) is 26.2 Å². The number of pyridine rings is 1. The van der Waals surface area contributed by atoms with Crippen molar-refractivity contribution in [2.24, 2.45) is 0 Å². The van der Waals surface area contributed by atoms with Crippen LogP contribution in [0.4, 0.5) is 0 Å². The first-order chi connectivity index (χ1) is 10.5. The van der Waals surface area contributed by atoms with Crippen LogP contribution in [-0.2, 0) is 11.2 Å². The van der Waals surface area contributed by atoms with Gasteiger partial charge in [-0.1, -0.05) is 33.6 Å². The molecule has 0 saturated heterocycles. The van der Waals surface area contributed by atoms with Gasteiger partial charge in [0, 0.05) is 22.1 Å². The van der Waals surface area contributed by atoms with Gasteiger partial charge in [0.05, 0.1) is 0 Å². The molecule has 5 nitrogen and oxygen atoms in total. The summed E-state index contributed by atoms with van der Waals surface area (Å²) >= 11 is 9.26. The second-order valence-electron chi connectivity index (χ2n) is 4.52. The molecule has 0 radical (unpaired) electrons. The Labute approximate surface area is 140 Å². The fourth-order valence-electron chi connectivity index (χ4n) is 1.85. The smallest absolute Gasteiger partial charge is 0.326 e. The topological polar surface area (TPSA) is 79.3 Å². The fraction of sp³-hybridized carbons (Fsp3) is 0.133. The molecule has 1 atom stereocenters. The molecule has 0 unspecified atom stereocenters. The number of carbonyl (C=O) groups excluding carboxylic acids is 1. The van der Waals surface area contributed by atoms with E-state index in [1.807, 2.05) is 0 Å². The molecule has 114 valence electrons. The quantitative estimate of drug-likeness (QED) is 0.832. The van der Waals surface area contributed by atoms with Crippen LogP contribution in [0.15, 0.2) is 47.1 Å². The summed E-state index contributed by atoms with van der Waals surface area (Å²) in [6.07, 6.45) is 1.58. The van der Waals surface area contributed by atoms with Crippen molar-refractivity contribution in [3.63, 3.8) is 0 Å². The number of aliphatic carboxylic acids is 1. The van der Waals surface area contributed by atoms with Gasteiger partial charge >= 0.3 is 5.97 Å². The maximum atomic E-state index is 12.0. The lowest BCUT2D eigenvalue weighted by atomic mass is 10.1. The van der Waals surface area contributed by atoms with Gasteiger partial charge in [-0.25, -0.2) is 4.79 Å². The molecule has 0 aliphatic heterocycles. The number of hydrogen-bond donors (Lipinski definition) is 2. The highest BCUT2D eigenvalue weighted by molar-refractivity contribution is 9.10. The van der Waals surface area contributed by atoms with Gasteiger partial charge in [0.25, 0.3) is 5.91 Å². The van der Waals surface area contributed by atoms with Gasteiger partial charge in [-0.15, -0.1) is 0 Å². The molecule has 22 heavy (non-hydrogen) atoms. The Balaban J connectivity index is 2.15. The molecule has 1 heterocycles. The molecule has 2 aromatic rings. The fourth-order valence-corrected chi connectivity index (χ4v) is 2.45. The molecular formula is C15H12BrClN2O3. The number of rotatable bonds is 5. The highest BCUT2D eigenvalue weighted by atomic mass is 79.9. The Morgan fingerprint density at radius 2 is 2.09 bits per heavy atom. The maximum absolute atomic E-state index is 12.0. The number of carbonyl (C=O) groups is 2. The highest BCUT2D eigenvalue weighted by Crippen LogP contribution is 2.22. The Bertz CT molecular complexity index is 694. The monoisotopic (exact) mass is 382 g/mol. The number of halogens is 2. The van der Waals surface area contributed by atoms with E-state index in [-0.39, 0.29) is 12.1 Å². The van der Waals surface area contributed by atoms with Crippen LogP contribution in [0.2, 0.25) is 5.02 Å². The van der Waals surface area contributed by atoms with Gasteiger partial charge in [-0.05, 0) is 35.9 Å². The highest BCUT2D eigenvalue weighted by Gasteiger charge is 2.22. The molecule has 0 aliphatic rings. The van der Waals surface area contributed by atoms with Gasteiger partial charge in [-0.3, -0.25) is 9.78 Å². The summed E-state index contributed by atoms with van der Waals surface area (Å²) in [5.74, 6) is -1.66. The Hall–Kier alpha value is -1.92. The summed E-state index contributed by atoms with van der Waals surface area (Å²) in [7, 11) is 0. The first-order valence-electron chi connectivity index (χ1n) is 6.36. The summed E-state index contributed by atoms with van der Waals surface area (Å²) in [5.41, 5.74) is 0.861. The lowest BCUT2D eigenvalue weighted by Gasteiger charge is -2.15. The number of aromatic nitrogens is 1. The summed E-state index contributed by atoms with van der Waals surface area (Å²) in [5, 5.41) is 12.3. The van der Waals surface area contributed by atoms with E-state index in [0.29, 0.717) is 10.6 Å². The van der Waals surface area contributed by atoms with Crippen LogP contribution in [0.1, 0.15) is 16.1 Å². The standard InChI is InChI=1S/C15H12BrClN2O3/c16-11-5-4-10(17)7-9(11)8-13(15(21)22)19-14(20)12-3-1-2-6-18-12/h1-7,13H,8H2,(H,19,20)(H,21,22)/t13-/m1/s1. The van der Waals surface area contributed by atoms with E-state index in [4.69, 9.17) is 11.6 Å². The van der Waals surface area contributed by atoms with Gasteiger partial charge in [0.15, 0.2) is 0 Å². The zero-order valence-electron chi connectivity index (χ0n) is 11.3. The van der Waals surface area contributed by atoms with Gasteiger partial charge in [0.2, 0.25) is 0 Å². The number of nitrogens with zero attached hydrogens (tertiary/aromatic N) is 1. The van der Waals surface area contributed by atoms with Crippen molar-refractivity contribution in [3.8, 4) is 0 Å². The lowest BCUT2D eigenvalue weighted by molar-refractivity contribution is -0.139. The zero-order valence-corrected chi connectivity index (χ0v) is 13.6. The second kappa shape index (κ2) is 7.38. The van der Waals surface area contributed by atoms with Crippen LogP contribution in [-0.4, -0.2) is 28.0 Å². The average molecular weight is 384 g/mol. The Morgan fingerprint density at radius 3 is 2.73 bits per heavy atom. The number of hydrogen-bond acceptors (Lipinski definition) is 3. The molecule has 1 aromatic heterocycles. The lowest BCUT2D eigenvalue weighted by Crippen LogP contribution is -2.42. The molecule has 0 spiro atoms. The molecule has 0 aliphatic carbocycles. The predicted molar refractivity (Wildman–Crippen MR) is 86.0 cm³/mol. The van der Waals surface area contributed by atoms with Crippen molar-refractivity contribution < 1.29 is 14.7 Å². The molecule has 0 fully saturated rings. The molecule has 1 aromatic carbocycles. The molecule has 2 N–H and O–H groups in total. The summed E-state index contributed by atoms with van der Waals surface area (Å²) in [6.45, 7) is 0. The Morgan fingerprint density at radius 1 is 1.32 bits per heavy atom. The zero-order chi connectivity index (χ0) is 16.1. The van der Waals surface area contributed by atoms with Crippen molar-refractivity contribution in [3.05, 3.63) is 63.3 Å². The molecule has 2 rings (SSSR count). The van der Waals surface area contributed by atoms with Crippen molar-refractivity contribution in [1.29, 1.82) is 0 Å². The SMILES string of the molecule is O=C(N[C@H](Cc1cc(Cl)ccc1Br)C(=O)O)c1ccccn1. The predicted octanol–water partition coefficient (Wildman–Crippen LogP) is 2.92. The van der Waals surface area contributed by atoms with Crippen molar-refractivity contribution >= 4 is 39.4 Å². The molecular weight excluding hydrogens is 372 g/mol. The normalized spacial score (nSPS) is 11.7. The van der Waals surface area contributed by atoms with Crippen molar-refractivity contribution in [2.45, 2.75) is 12.5 Å². The third kappa shape index (κ3) is 4.29. The first kappa shape index (κ1) is 16.5. The molecule has 1 amide bonds. The number of benzene rings is 1. The van der Waals surface area contributed by atoms with Crippen LogP contribution < -0.4 is 5.32 Å². The largest absolute Gasteiger partial charge is 0.480 e.